The van der Waals surface area contributed by atoms with E-state index in [1.807, 2.05) is 6.92 Å². The monoisotopic (exact) mass is 335 g/mol. The molecule has 0 radical (unpaired) electrons. The first-order valence-corrected chi connectivity index (χ1v) is 7.89. The Hall–Kier alpha value is -0.590. The van der Waals surface area contributed by atoms with E-state index in [1.165, 1.54) is 6.07 Å². The second kappa shape index (κ2) is 5.59. The predicted molar refractivity (Wildman–Crippen MR) is 75.4 cm³/mol. The molecule has 0 amide bonds. The van der Waals surface area contributed by atoms with Gasteiger partial charge in [0.15, 0.2) is 0 Å². The fraction of sp³-hybridized carbons (Fsp3) is 0.500. The van der Waals surface area contributed by atoms with Crippen LogP contribution in [0, 0.1) is 0 Å². The summed E-state index contributed by atoms with van der Waals surface area (Å²) >= 11 is 3.32. The van der Waals surface area contributed by atoms with Crippen LogP contribution in [0.25, 0.3) is 0 Å². The molecule has 0 spiro atoms. The first-order chi connectivity index (χ1) is 8.15. The smallest absolute Gasteiger partial charge is 0.241 e. The van der Waals surface area contributed by atoms with Crippen LogP contribution in [0.4, 0.5) is 0 Å². The summed E-state index contributed by atoms with van der Waals surface area (Å²) in [6.45, 7) is 7.72. The number of benzene rings is 1. The number of rotatable bonds is 4. The Morgan fingerprint density at radius 3 is 2.44 bits per heavy atom. The molecule has 18 heavy (non-hydrogen) atoms. The highest BCUT2D eigenvalue weighted by atomic mass is 79.9. The van der Waals surface area contributed by atoms with Crippen molar-refractivity contribution in [2.75, 3.05) is 6.61 Å². The minimum Gasteiger partial charge on any atom is -0.493 e. The van der Waals surface area contributed by atoms with Crippen molar-refractivity contribution < 1.29 is 13.2 Å². The highest BCUT2D eigenvalue weighted by Gasteiger charge is 2.22. The molecule has 0 aliphatic carbocycles. The quantitative estimate of drug-likeness (QED) is 0.920. The van der Waals surface area contributed by atoms with Gasteiger partial charge >= 0.3 is 0 Å². The van der Waals surface area contributed by atoms with E-state index in [9.17, 15) is 8.42 Å². The highest BCUT2D eigenvalue weighted by molar-refractivity contribution is 9.10. The Balaban J connectivity index is 3.14. The van der Waals surface area contributed by atoms with Crippen LogP contribution in [0.15, 0.2) is 27.6 Å². The lowest BCUT2D eigenvalue weighted by Gasteiger charge is -2.20. The lowest BCUT2D eigenvalue weighted by molar-refractivity contribution is 0.337. The summed E-state index contributed by atoms with van der Waals surface area (Å²) in [7, 11) is -3.53. The maximum absolute atomic E-state index is 12.1. The van der Waals surface area contributed by atoms with Crippen molar-refractivity contribution in [3.8, 4) is 5.75 Å². The standard InChI is InChI=1S/C12H18BrNO3S/c1-5-17-11-8-9(6-7-10(11)13)18(15,16)14-12(2,3)4/h6-8,14H,5H2,1-4H3. The largest absolute Gasteiger partial charge is 0.493 e. The van der Waals surface area contributed by atoms with Crippen molar-refractivity contribution in [1.29, 1.82) is 0 Å². The summed E-state index contributed by atoms with van der Waals surface area (Å²) in [6.07, 6.45) is 0. The predicted octanol–water partition coefficient (Wildman–Crippen LogP) is 2.92. The normalized spacial score (nSPS) is 12.5. The molecule has 1 aromatic carbocycles. The minimum absolute atomic E-state index is 0.198. The average molecular weight is 336 g/mol. The van der Waals surface area contributed by atoms with Crippen molar-refractivity contribution in [3.05, 3.63) is 22.7 Å². The molecular formula is C12H18BrNO3S. The minimum atomic E-state index is -3.53. The summed E-state index contributed by atoms with van der Waals surface area (Å²) in [5.74, 6) is 0.522. The SMILES string of the molecule is CCOc1cc(S(=O)(=O)NC(C)(C)C)ccc1Br. The van der Waals surface area contributed by atoms with Crippen molar-refractivity contribution in [1.82, 2.24) is 4.72 Å². The van der Waals surface area contributed by atoms with Crippen LogP contribution in [0.2, 0.25) is 0 Å². The zero-order valence-electron chi connectivity index (χ0n) is 11.0. The number of sulfonamides is 1. The zero-order chi connectivity index (χ0) is 14.0. The zero-order valence-corrected chi connectivity index (χ0v) is 13.4. The van der Waals surface area contributed by atoms with Gasteiger partial charge in [0.1, 0.15) is 5.75 Å². The van der Waals surface area contributed by atoms with Gasteiger partial charge in [0, 0.05) is 11.6 Å². The summed E-state index contributed by atoms with van der Waals surface area (Å²) in [5.41, 5.74) is -0.516. The molecular weight excluding hydrogens is 318 g/mol. The lowest BCUT2D eigenvalue weighted by atomic mass is 10.1. The lowest BCUT2D eigenvalue weighted by Crippen LogP contribution is -2.40. The number of hydrogen-bond donors (Lipinski definition) is 1. The number of hydrogen-bond acceptors (Lipinski definition) is 3. The Morgan fingerprint density at radius 2 is 1.94 bits per heavy atom. The van der Waals surface area contributed by atoms with Gasteiger partial charge in [-0.3, -0.25) is 0 Å². The fourth-order valence-electron chi connectivity index (χ4n) is 1.38. The summed E-state index contributed by atoms with van der Waals surface area (Å²) < 4.78 is 33.0. The Kier molecular flexibility index (Phi) is 4.80. The van der Waals surface area contributed by atoms with Crippen molar-refractivity contribution in [2.45, 2.75) is 38.1 Å². The average Bonchev–Trinajstić information content (AvgIpc) is 2.17. The first-order valence-electron chi connectivity index (χ1n) is 5.62. The van der Waals surface area contributed by atoms with E-state index >= 15 is 0 Å². The van der Waals surface area contributed by atoms with E-state index in [2.05, 4.69) is 20.7 Å². The van der Waals surface area contributed by atoms with E-state index in [0.717, 1.165) is 4.47 Å². The molecule has 0 aliphatic heterocycles. The molecule has 0 fully saturated rings. The molecule has 0 saturated carbocycles. The summed E-state index contributed by atoms with van der Waals surface area (Å²) in [5, 5.41) is 0. The molecule has 0 heterocycles. The van der Waals surface area contributed by atoms with Gasteiger partial charge in [-0.15, -0.1) is 0 Å². The third kappa shape index (κ3) is 4.26. The van der Waals surface area contributed by atoms with E-state index in [-0.39, 0.29) is 4.90 Å². The second-order valence-corrected chi connectivity index (χ2v) is 7.42. The van der Waals surface area contributed by atoms with Gasteiger partial charge in [-0.1, -0.05) is 0 Å². The van der Waals surface area contributed by atoms with E-state index in [0.29, 0.717) is 12.4 Å². The van der Waals surface area contributed by atoms with Crippen molar-refractivity contribution >= 4 is 26.0 Å². The summed E-state index contributed by atoms with van der Waals surface area (Å²) in [6, 6.07) is 4.73. The Labute approximate surface area is 117 Å². The van der Waals surface area contributed by atoms with Gasteiger partial charge in [0.25, 0.3) is 0 Å². The highest BCUT2D eigenvalue weighted by Crippen LogP contribution is 2.28. The number of ether oxygens (including phenoxy) is 1. The molecule has 1 aromatic rings. The molecule has 4 nitrogen and oxygen atoms in total. The van der Waals surface area contributed by atoms with Crippen LogP contribution in [0.5, 0.6) is 5.75 Å². The van der Waals surface area contributed by atoms with E-state index < -0.39 is 15.6 Å². The maximum Gasteiger partial charge on any atom is 0.241 e. The Morgan fingerprint density at radius 1 is 1.33 bits per heavy atom. The van der Waals surface area contributed by atoms with Crippen LogP contribution in [-0.4, -0.2) is 20.6 Å². The third-order valence-electron chi connectivity index (χ3n) is 1.95. The van der Waals surface area contributed by atoms with Gasteiger partial charge in [-0.2, -0.15) is 0 Å². The first kappa shape index (κ1) is 15.5. The van der Waals surface area contributed by atoms with E-state index in [1.54, 1.807) is 32.9 Å². The third-order valence-corrected chi connectivity index (χ3v) is 4.36. The molecule has 0 aromatic heterocycles. The topological polar surface area (TPSA) is 55.4 Å². The molecule has 0 atom stereocenters. The molecule has 0 saturated heterocycles. The van der Waals surface area contributed by atoms with Gasteiger partial charge in [0.2, 0.25) is 10.0 Å². The number of nitrogens with one attached hydrogen (secondary N) is 1. The summed E-state index contributed by atoms with van der Waals surface area (Å²) in [4.78, 5) is 0.198. The molecule has 0 aliphatic rings. The van der Waals surface area contributed by atoms with Gasteiger partial charge in [0.05, 0.1) is 16.0 Å². The molecule has 0 unspecified atom stereocenters. The molecule has 0 bridgehead atoms. The van der Waals surface area contributed by atoms with Crippen molar-refractivity contribution in [3.63, 3.8) is 0 Å². The van der Waals surface area contributed by atoms with Gasteiger partial charge < -0.3 is 4.74 Å². The second-order valence-electron chi connectivity index (χ2n) is 4.88. The van der Waals surface area contributed by atoms with Crippen LogP contribution in [0.3, 0.4) is 0 Å². The number of halogens is 1. The van der Waals surface area contributed by atoms with E-state index in [4.69, 9.17) is 4.74 Å². The molecule has 102 valence electrons. The van der Waals surface area contributed by atoms with Gasteiger partial charge in [-0.25, -0.2) is 13.1 Å². The van der Waals surface area contributed by atoms with Crippen LogP contribution >= 0.6 is 15.9 Å². The molecule has 1 N–H and O–H groups in total. The molecule has 6 heteroatoms. The van der Waals surface area contributed by atoms with Gasteiger partial charge in [-0.05, 0) is 55.8 Å². The van der Waals surface area contributed by atoms with Crippen LogP contribution in [0.1, 0.15) is 27.7 Å². The molecule has 1 rings (SSSR count). The van der Waals surface area contributed by atoms with Crippen molar-refractivity contribution in [2.24, 2.45) is 0 Å². The van der Waals surface area contributed by atoms with Crippen LogP contribution < -0.4 is 9.46 Å². The fourth-order valence-corrected chi connectivity index (χ4v) is 3.17. The Bertz CT molecular complexity index is 521. The maximum atomic E-state index is 12.1. The van der Waals surface area contributed by atoms with Crippen LogP contribution in [-0.2, 0) is 10.0 Å².